The van der Waals surface area contributed by atoms with Gasteiger partial charge in [0.1, 0.15) is 17.2 Å². The first-order chi connectivity index (χ1) is 13.9. The number of aromatic nitrogens is 2. The van der Waals surface area contributed by atoms with Crippen molar-refractivity contribution in [2.24, 2.45) is 0 Å². The van der Waals surface area contributed by atoms with E-state index in [2.05, 4.69) is 9.97 Å². The summed E-state index contributed by atoms with van der Waals surface area (Å²) in [6.07, 6.45) is 1.03. The number of amides is 1. The van der Waals surface area contributed by atoms with Gasteiger partial charge in [-0.1, -0.05) is 12.1 Å². The number of H-pyrrole nitrogens is 1. The summed E-state index contributed by atoms with van der Waals surface area (Å²) >= 11 is 0. The molecule has 152 valence electrons. The van der Waals surface area contributed by atoms with Crippen LogP contribution >= 0.6 is 0 Å². The Kier molecular flexibility index (Phi) is 6.16. The molecule has 0 aliphatic carbocycles. The number of imidazole rings is 1. The predicted molar refractivity (Wildman–Crippen MR) is 110 cm³/mol. The van der Waals surface area contributed by atoms with Gasteiger partial charge >= 0.3 is 6.09 Å². The van der Waals surface area contributed by atoms with Crippen molar-refractivity contribution < 1.29 is 18.7 Å². The number of para-hydroxylation sites is 2. The van der Waals surface area contributed by atoms with Gasteiger partial charge in [0.2, 0.25) is 0 Å². The zero-order valence-corrected chi connectivity index (χ0v) is 16.7. The van der Waals surface area contributed by atoms with Crippen molar-refractivity contribution in [2.75, 3.05) is 13.3 Å². The number of carbonyl (C=O) groups excluding carboxylic acids is 1. The van der Waals surface area contributed by atoms with Crippen LogP contribution in [0.3, 0.4) is 0 Å². The van der Waals surface area contributed by atoms with E-state index >= 15 is 0 Å². The number of nitrogens with zero attached hydrogens (tertiary/aromatic N) is 2. The Balaban J connectivity index is 1.66. The molecule has 0 spiro atoms. The van der Waals surface area contributed by atoms with Crippen LogP contribution in [-0.4, -0.2) is 39.8 Å². The molecule has 1 heterocycles. The molecule has 6 nitrogen and oxygen atoms in total. The molecule has 0 bridgehead atoms. The molecule has 0 aliphatic heterocycles. The highest BCUT2D eigenvalue weighted by Crippen LogP contribution is 2.23. The fourth-order valence-corrected chi connectivity index (χ4v) is 2.62. The molecule has 0 atom stereocenters. The molecule has 0 radical (unpaired) electrons. The summed E-state index contributed by atoms with van der Waals surface area (Å²) in [5, 5.41) is 0. The lowest BCUT2D eigenvalue weighted by Crippen LogP contribution is -2.39. The monoisotopic (exact) mass is 397 g/mol. The van der Waals surface area contributed by atoms with Crippen LogP contribution in [0, 0.1) is 0 Å². The maximum absolute atomic E-state index is 12.4. The van der Waals surface area contributed by atoms with E-state index in [1.54, 1.807) is 32.9 Å². The summed E-state index contributed by atoms with van der Waals surface area (Å²) in [6, 6.07) is 15.2. The van der Waals surface area contributed by atoms with Gasteiger partial charge in [0.05, 0.1) is 17.4 Å². The van der Waals surface area contributed by atoms with Crippen LogP contribution in [0.15, 0.2) is 60.9 Å². The number of ether oxygens (including phenoxy) is 2. The Hall–Kier alpha value is -3.35. The number of halogens is 1. The summed E-state index contributed by atoms with van der Waals surface area (Å²) < 4.78 is 23.4. The Morgan fingerprint density at radius 3 is 2.55 bits per heavy atom. The minimum Gasteiger partial charge on any atom is -0.473 e. The van der Waals surface area contributed by atoms with E-state index in [1.165, 1.54) is 11.0 Å². The van der Waals surface area contributed by atoms with Crippen LogP contribution in [0.25, 0.3) is 22.4 Å². The molecule has 1 aromatic heterocycles. The maximum atomic E-state index is 12.4. The van der Waals surface area contributed by atoms with E-state index < -0.39 is 11.7 Å². The van der Waals surface area contributed by atoms with Crippen molar-refractivity contribution in [1.82, 2.24) is 14.9 Å². The van der Waals surface area contributed by atoms with E-state index in [0.29, 0.717) is 12.1 Å². The number of fused-ring (bicyclic) bond motifs is 1. The first-order valence-corrected chi connectivity index (χ1v) is 9.27. The van der Waals surface area contributed by atoms with E-state index in [-0.39, 0.29) is 13.3 Å². The molecular formula is C22H24FN3O3. The van der Waals surface area contributed by atoms with E-state index in [9.17, 15) is 9.18 Å². The normalized spacial score (nSPS) is 11.7. The second-order valence-corrected chi connectivity index (χ2v) is 7.46. The van der Waals surface area contributed by atoms with Crippen molar-refractivity contribution >= 4 is 17.1 Å². The van der Waals surface area contributed by atoms with Crippen molar-refractivity contribution in [3.8, 4) is 17.1 Å². The van der Waals surface area contributed by atoms with Gasteiger partial charge in [0.25, 0.3) is 0 Å². The van der Waals surface area contributed by atoms with E-state index in [1.807, 2.05) is 36.4 Å². The quantitative estimate of drug-likeness (QED) is 0.574. The number of aromatic amines is 1. The van der Waals surface area contributed by atoms with Crippen molar-refractivity contribution in [2.45, 2.75) is 26.4 Å². The van der Waals surface area contributed by atoms with Crippen LogP contribution in [0.4, 0.5) is 9.18 Å². The van der Waals surface area contributed by atoms with E-state index in [0.717, 1.165) is 22.4 Å². The van der Waals surface area contributed by atoms with Crippen LogP contribution in [0.2, 0.25) is 0 Å². The fraction of sp³-hybridized carbons (Fsp3) is 0.273. The van der Waals surface area contributed by atoms with E-state index in [4.69, 9.17) is 9.47 Å². The third-order valence-electron chi connectivity index (χ3n) is 3.97. The number of carbonyl (C=O) groups is 1. The first-order valence-electron chi connectivity index (χ1n) is 9.27. The highest BCUT2D eigenvalue weighted by molar-refractivity contribution is 5.79. The van der Waals surface area contributed by atoms with Gasteiger partial charge in [-0.3, -0.25) is 4.90 Å². The molecule has 3 rings (SSSR count). The first kappa shape index (κ1) is 20.4. The SMILES string of the molecule is CC(C)(C)OC(=O)N(CC=CF)COc1ccc(-c2nc3ccccc3[nH]2)cc1. The summed E-state index contributed by atoms with van der Waals surface area (Å²) in [4.78, 5) is 21.4. The number of nitrogens with one attached hydrogen (secondary N) is 1. The van der Waals surface area contributed by atoms with Crippen molar-refractivity contribution in [3.05, 3.63) is 60.9 Å². The highest BCUT2D eigenvalue weighted by Gasteiger charge is 2.21. The lowest BCUT2D eigenvalue weighted by atomic mass is 10.2. The van der Waals surface area contributed by atoms with Gasteiger partial charge in [0.15, 0.2) is 6.73 Å². The zero-order valence-electron chi connectivity index (χ0n) is 16.7. The molecule has 1 N–H and O–H groups in total. The van der Waals surface area contributed by atoms with Gasteiger partial charge in [-0.05, 0) is 63.2 Å². The van der Waals surface area contributed by atoms with Gasteiger partial charge in [-0.2, -0.15) is 0 Å². The van der Waals surface area contributed by atoms with Crippen LogP contribution in [-0.2, 0) is 4.74 Å². The molecule has 1 amide bonds. The Morgan fingerprint density at radius 1 is 1.17 bits per heavy atom. The lowest BCUT2D eigenvalue weighted by Gasteiger charge is -2.26. The Bertz CT molecular complexity index is 957. The molecule has 29 heavy (non-hydrogen) atoms. The lowest BCUT2D eigenvalue weighted by molar-refractivity contribution is 0.0129. The maximum Gasteiger partial charge on any atom is 0.413 e. The standard InChI is InChI=1S/C22H24FN3O3/c1-22(2,3)29-21(27)26(14-6-13-23)15-28-17-11-9-16(10-12-17)20-24-18-7-4-5-8-19(18)25-20/h4-13H,14-15H2,1-3H3,(H,24,25). The molecule has 0 unspecified atom stereocenters. The van der Waals surface area contributed by atoms with Gasteiger partial charge < -0.3 is 14.5 Å². The molecule has 2 aromatic carbocycles. The molecule has 0 aliphatic rings. The third-order valence-corrected chi connectivity index (χ3v) is 3.97. The molecule has 0 fully saturated rings. The number of rotatable bonds is 6. The summed E-state index contributed by atoms with van der Waals surface area (Å²) in [5.41, 5.74) is 2.13. The van der Waals surface area contributed by atoms with Gasteiger partial charge in [0, 0.05) is 12.1 Å². The predicted octanol–water partition coefficient (Wildman–Crippen LogP) is 5.29. The minimum absolute atomic E-state index is 0.0441. The third kappa shape index (κ3) is 5.57. The van der Waals surface area contributed by atoms with Crippen molar-refractivity contribution in [1.29, 1.82) is 0 Å². The number of benzene rings is 2. The summed E-state index contributed by atoms with van der Waals surface area (Å²) in [7, 11) is 0. The molecule has 0 saturated carbocycles. The van der Waals surface area contributed by atoms with Gasteiger partial charge in [-0.25, -0.2) is 14.2 Å². The molecule has 3 aromatic rings. The smallest absolute Gasteiger partial charge is 0.413 e. The summed E-state index contributed by atoms with van der Waals surface area (Å²) in [5.74, 6) is 1.34. The highest BCUT2D eigenvalue weighted by atomic mass is 19.1. The van der Waals surface area contributed by atoms with Crippen LogP contribution in [0.5, 0.6) is 5.75 Å². The fourth-order valence-electron chi connectivity index (χ4n) is 2.62. The zero-order chi connectivity index (χ0) is 20.9. The average Bonchev–Trinajstić information content (AvgIpc) is 3.11. The van der Waals surface area contributed by atoms with Crippen molar-refractivity contribution in [3.63, 3.8) is 0 Å². The summed E-state index contributed by atoms with van der Waals surface area (Å²) in [6.45, 7) is 5.29. The van der Waals surface area contributed by atoms with Crippen LogP contribution < -0.4 is 4.74 Å². The average molecular weight is 397 g/mol. The molecular weight excluding hydrogens is 373 g/mol. The molecule has 7 heteroatoms. The largest absolute Gasteiger partial charge is 0.473 e. The van der Waals surface area contributed by atoms with Crippen LogP contribution in [0.1, 0.15) is 20.8 Å². The Labute approximate surface area is 169 Å². The number of hydrogen-bond acceptors (Lipinski definition) is 4. The second-order valence-electron chi connectivity index (χ2n) is 7.46. The topological polar surface area (TPSA) is 67.4 Å². The minimum atomic E-state index is -0.650. The molecule has 0 saturated heterocycles. The Morgan fingerprint density at radius 2 is 1.90 bits per heavy atom. The number of hydrogen-bond donors (Lipinski definition) is 1. The second kappa shape index (κ2) is 8.77. The van der Waals surface area contributed by atoms with Gasteiger partial charge in [-0.15, -0.1) is 0 Å².